The van der Waals surface area contributed by atoms with Crippen LogP contribution in [0.2, 0.25) is 0 Å². The molecule has 0 radical (unpaired) electrons. The van der Waals surface area contributed by atoms with Gasteiger partial charge in [0.15, 0.2) is 10.5 Å². The number of rotatable bonds is 5. The molecule has 0 bridgehead atoms. The summed E-state index contributed by atoms with van der Waals surface area (Å²) in [6.45, 7) is 3.00. The van der Waals surface area contributed by atoms with Crippen LogP contribution in [-0.2, 0) is 23.9 Å². The topological polar surface area (TPSA) is 101 Å². The lowest BCUT2D eigenvalue weighted by Gasteiger charge is -2.28. The largest absolute Gasteiger partial charge is 0.480 e. The number of ether oxygens (including phenoxy) is 1. The maximum absolute atomic E-state index is 12.4. The summed E-state index contributed by atoms with van der Waals surface area (Å²) in [7, 11) is 1.19. The number of hydrogen-bond donors (Lipinski definition) is 1. The van der Waals surface area contributed by atoms with Gasteiger partial charge in [0.2, 0.25) is 5.91 Å². The molecule has 21 heavy (non-hydrogen) atoms. The van der Waals surface area contributed by atoms with E-state index in [0.29, 0.717) is 0 Å². The Morgan fingerprint density at radius 1 is 1.43 bits per heavy atom. The van der Waals surface area contributed by atoms with Gasteiger partial charge in [-0.25, -0.2) is 9.59 Å². The number of amides is 1. The molecule has 1 N–H and O–H groups in total. The van der Waals surface area contributed by atoms with Gasteiger partial charge in [-0.1, -0.05) is 18.7 Å². The van der Waals surface area contributed by atoms with E-state index < -0.39 is 35.2 Å². The highest BCUT2D eigenvalue weighted by atomic mass is 32.2. The number of carboxylic acids is 1. The minimum atomic E-state index is -1.16. The molecule has 0 saturated carbocycles. The fraction of sp³-hybridized carbons (Fsp3) is 0.667. The van der Waals surface area contributed by atoms with E-state index >= 15 is 0 Å². The highest BCUT2D eigenvalue weighted by molar-refractivity contribution is 8.13. The molecule has 3 atom stereocenters. The Morgan fingerprint density at radius 3 is 2.52 bits per heavy atom. The van der Waals surface area contributed by atoms with Crippen molar-refractivity contribution in [3.05, 3.63) is 0 Å². The average molecular weight is 335 g/mol. The maximum Gasteiger partial charge on any atom is 0.339 e. The van der Waals surface area contributed by atoms with Gasteiger partial charge < -0.3 is 14.7 Å². The van der Waals surface area contributed by atoms with Crippen LogP contribution >= 0.6 is 23.5 Å². The van der Waals surface area contributed by atoms with Crippen molar-refractivity contribution in [1.29, 1.82) is 0 Å². The molecule has 1 amide bonds. The number of carboxylic acid groups (broad SMARTS) is 1. The zero-order valence-electron chi connectivity index (χ0n) is 11.9. The summed E-state index contributed by atoms with van der Waals surface area (Å²) in [5.41, 5.74) is 0. The second-order valence-corrected chi connectivity index (χ2v) is 6.82. The van der Waals surface area contributed by atoms with Gasteiger partial charge in [-0.05, 0) is 0 Å². The first kappa shape index (κ1) is 17.8. The number of methoxy groups -OCH3 is 1. The number of esters is 1. The number of carbonyl (C=O) groups excluding carboxylic acids is 3. The van der Waals surface area contributed by atoms with Crippen molar-refractivity contribution in [2.24, 2.45) is 5.92 Å². The van der Waals surface area contributed by atoms with Crippen molar-refractivity contribution >= 4 is 46.5 Å². The van der Waals surface area contributed by atoms with Gasteiger partial charge in [0, 0.05) is 24.3 Å². The summed E-state index contributed by atoms with van der Waals surface area (Å²) >= 11 is 2.06. The van der Waals surface area contributed by atoms with Crippen molar-refractivity contribution in [1.82, 2.24) is 4.90 Å². The van der Waals surface area contributed by atoms with Crippen LogP contribution in [0.15, 0.2) is 0 Å². The molecule has 0 aromatic heterocycles. The Labute approximate surface area is 130 Å². The van der Waals surface area contributed by atoms with Crippen molar-refractivity contribution in [3.8, 4) is 0 Å². The third kappa shape index (κ3) is 4.37. The molecule has 118 valence electrons. The van der Waals surface area contributed by atoms with Gasteiger partial charge in [0.25, 0.3) is 0 Å². The van der Waals surface area contributed by atoms with E-state index in [1.165, 1.54) is 14.0 Å². The van der Waals surface area contributed by atoms with E-state index in [-0.39, 0.29) is 16.6 Å². The molecule has 1 heterocycles. The molecule has 1 saturated heterocycles. The summed E-state index contributed by atoms with van der Waals surface area (Å²) in [4.78, 5) is 47.4. The highest BCUT2D eigenvalue weighted by Crippen LogP contribution is 2.32. The van der Waals surface area contributed by atoms with Crippen LogP contribution in [0, 0.1) is 5.92 Å². The Morgan fingerprint density at radius 2 is 2.05 bits per heavy atom. The van der Waals surface area contributed by atoms with E-state index in [4.69, 9.17) is 0 Å². The number of nitrogens with zero attached hydrogens (tertiary/aromatic N) is 1. The Hall–Kier alpha value is -1.22. The Kier molecular flexibility index (Phi) is 6.53. The zero-order valence-corrected chi connectivity index (χ0v) is 13.5. The second-order valence-electron chi connectivity index (χ2n) is 4.51. The molecule has 0 aliphatic carbocycles. The maximum atomic E-state index is 12.4. The first-order valence-corrected chi connectivity index (χ1v) is 8.20. The quantitative estimate of drug-likeness (QED) is 0.722. The highest BCUT2D eigenvalue weighted by Gasteiger charge is 2.46. The molecular formula is C12H17NO6S2. The van der Waals surface area contributed by atoms with Crippen molar-refractivity contribution in [3.63, 3.8) is 0 Å². The summed E-state index contributed by atoms with van der Waals surface area (Å²) in [6, 6.07) is -1.06. The van der Waals surface area contributed by atoms with E-state index in [2.05, 4.69) is 4.74 Å². The molecule has 7 nitrogen and oxygen atoms in total. The summed E-state index contributed by atoms with van der Waals surface area (Å²) in [6.07, 6.45) is 0. The van der Waals surface area contributed by atoms with Crippen molar-refractivity contribution in [2.45, 2.75) is 25.3 Å². The van der Waals surface area contributed by atoms with Gasteiger partial charge in [0.05, 0.1) is 7.11 Å². The lowest BCUT2D eigenvalue weighted by molar-refractivity contribution is -0.156. The van der Waals surface area contributed by atoms with Crippen LogP contribution in [0.5, 0.6) is 0 Å². The summed E-state index contributed by atoms with van der Waals surface area (Å²) in [5, 5.41) is 8.11. The fourth-order valence-corrected chi connectivity index (χ4v) is 3.76. The first-order chi connectivity index (χ1) is 9.79. The average Bonchev–Trinajstić information content (AvgIpc) is 2.87. The van der Waals surface area contributed by atoms with Crippen molar-refractivity contribution in [2.75, 3.05) is 18.6 Å². The smallest absolute Gasteiger partial charge is 0.339 e. The summed E-state index contributed by atoms with van der Waals surface area (Å²) < 4.78 is 4.61. The van der Waals surface area contributed by atoms with Gasteiger partial charge >= 0.3 is 11.9 Å². The molecule has 1 aliphatic heterocycles. The predicted octanol–water partition coefficient (Wildman–Crippen LogP) is 0.430. The molecular weight excluding hydrogens is 318 g/mol. The number of hydrogen-bond acceptors (Lipinski definition) is 7. The van der Waals surface area contributed by atoms with Crippen LogP contribution < -0.4 is 0 Å². The fourth-order valence-electron chi connectivity index (χ4n) is 1.82. The normalized spacial score (nSPS) is 22.7. The van der Waals surface area contributed by atoms with Gasteiger partial charge in [-0.15, -0.1) is 11.8 Å². The monoisotopic (exact) mass is 335 g/mol. The van der Waals surface area contributed by atoms with Crippen LogP contribution in [0.1, 0.15) is 13.8 Å². The molecule has 1 unspecified atom stereocenters. The summed E-state index contributed by atoms with van der Waals surface area (Å²) in [5.74, 6) is -2.46. The predicted molar refractivity (Wildman–Crippen MR) is 78.8 cm³/mol. The third-order valence-electron chi connectivity index (χ3n) is 2.90. The molecule has 0 spiro atoms. The van der Waals surface area contributed by atoms with Crippen LogP contribution in [0.25, 0.3) is 0 Å². The minimum Gasteiger partial charge on any atom is -0.480 e. The van der Waals surface area contributed by atoms with Gasteiger partial charge in [-0.2, -0.15) is 0 Å². The van der Waals surface area contributed by atoms with E-state index in [9.17, 15) is 24.3 Å². The van der Waals surface area contributed by atoms with Crippen LogP contribution in [-0.4, -0.2) is 63.0 Å². The standard InChI is InChI=1S/C12H17NO6S2/c1-6(4-20-7(2)14)9(15)13-8(11(16)17)5-21-10(13)12(18)19-3/h6,8,10H,4-5H2,1-3H3,(H,16,17)/t6-,8?,10-/m1/s1. The number of aliphatic carboxylic acids is 1. The third-order valence-corrected chi connectivity index (χ3v) is 5.22. The molecule has 9 heteroatoms. The number of carbonyl (C=O) groups is 4. The first-order valence-electron chi connectivity index (χ1n) is 6.17. The SMILES string of the molecule is COC(=O)[C@H]1SCC(C(=O)O)N1C(=O)[C@H](C)CSC(C)=O. The number of thioether (sulfide) groups is 2. The Balaban J connectivity index is 2.89. The van der Waals surface area contributed by atoms with Crippen LogP contribution in [0.4, 0.5) is 0 Å². The minimum absolute atomic E-state index is 0.121. The van der Waals surface area contributed by atoms with Gasteiger partial charge in [0.1, 0.15) is 6.04 Å². The lowest BCUT2D eigenvalue weighted by atomic mass is 10.1. The zero-order chi connectivity index (χ0) is 16.2. The molecule has 0 aromatic carbocycles. The van der Waals surface area contributed by atoms with E-state index in [1.807, 2.05) is 0 Å². The van der Waals surface area contributed by atoms with E-state index in [0.717, 1.165) is 28.4 Å². The van der Waals surface area contributed by atoms with Crippen molar-refractivity contribution < 1.29 is 29.0 Å². The second kappa shape index (κ2) is 7.69. The lowest BCUT2D eigenvalue weighted by Crippen LogP contribution is -2.50. The van der Waals surface area contributed by atoms with E-state index in [1.54, 1.807) is 6.92 Å². The van der Waals surface area contributed by atoms with Crippen LogP contribution in [0.3, 0.4) is 0 Å². The molecule has 0 aromatic rings. The Bertz CT molecular complexity index is 455. The molecule has 1 rings (SSSR count). The van der Waals surface area contributed by atoms with Gasteiger partial charge in [-0.3, -0.25) is 9.59 Å². The molecule has 1 aliphatic rings. The molecule has 1 fully saturated rings.